The van der Waals surface area contributed by atoms with Crippen LogP contribution in [0.25, 0.3) is 0 Å². The zero-order valence-electron chi connectivity index (χ0n) is 16.9. The minimum Gasteiger partial charge on any atom is -0.382 e. The molecule has 2 aliphatic rings. The molecular formula is C24H34OSi. The van der Waals surface area contributed by atoms with Crippen LogP contribution in [0.15, 0.2) is 66.3 Å². The standard InChI is InChI=1S/C24H34OSi/c1-6-24(25)16-15-23(3,18-24)17-21-19(2)11-10-14-22(21)26(4,5)20-12-8-7-9-13-20/h6-9,12-13,15-16,22,25H,1,10-11,14,17-18H2,2-5H3. The lowest BCUT2D eigenvalue weighted by atomic mass is 9.76. The molecule has 0 fully saturated rings. The van der Waals surface area contributed by atoms with E-state index in [9.17, 15) is 5.11 Å². The summed E-state index contributed by atoms with van der Waals surface area (Å²) in [6.45, 7) is 13.6. The van der Waals surface area contributed by atoms with Gasteiger partial charge in [0.15, 0.2) is 0 Å². The summed E-state index contributed by atoms with van der Waals surface area (Å²) in [7, 11) is -1.60. The van der Waals surface area contributed by atoms with E-state index in [0.717, 1.165) is 12.8 Å². The highest BCUT2D eigenvalue weighted by molar-refractivity contribution is 6.91. The second-order valence-electron chi connectivity index (χ2n) is 9.37. The molecule has 0 aromatic heterocycles. The highest BCUT2D eigenvalue weighted by Gasteiger charge is 2.43. The first kappa shape index (κ1) is 19.4. The molecule has 3 rings (SSSR count). The number of allylic oxidation sites excluding steroid dienone is 3. The molecule has 0 amide bonds. The topological polar surface area (TPSA) is 20.2 Å². The van der Waals surface area contributed by atoms with Gasteiger partial charge in [0.1, 0.15) is 5.60 Å². The molecule has 3 unspecified atom stereocenters. The van der Waals surface area contributed by atoms with Crippen molar-refractivity contribution < 1.29 is 5.11 Å². The fourth-order valence-electron chi connectivity index (χ4n) is 5.15. The molecule has 0 saturated heterocycles. The summed E-state index contributed by atoms with van der Waals surface area (Å²) < 4.78 is 0. The van der Waals surface area contributed by atoms with Crippen molar-refractivity contribution in [2.45, 2.75) is 70.2 Å². The van der Waals surface area contributed by atoms with Gasteiger partial charge in [-0.3, -0.25) is 0 Å². The van der Waals surface area contributed by atoms with Gasteiger partial charge in [-0.25, -0.2) is 0 Å². The highest BCUT2D eigenvalue weighted by atomic mass is 28.3. The third kappa shape index (κ3) is 3.68. The Morgan fingerprint density at radius 1 is 1.23 bits per heavy atom. The molecule has 1 N–H and O–H groups in total. The maximum Gasteiger partial charge on any atom is 0.101 e. The third-order valence-electron chi connectivity index (χ3n) is 6.81. The van der Waals surface area contributed by atoms with Crippen molar-refractivity contribution in [1.29, 1.82) is 0 Å². The minimum absolute atomic E-state index is 0.0241. The summed E-state index contributed by atoms with van der Waals surface area (Å²) in [5.41, 5.74) is 3.16. The Morgan fingerprint density at radius 2 is 1.92 bits per heavy atom. The summed E-state index contributed by atoms with van der Waals surface area (Å²) in [6, 6.07) is 11.2. The Hall–Kier alpha value is -1.38. The summed E-state index contributed by atoms with van der Waals surface area (Å²) in [4.78, 5) is 0. The maximum absolute atomic E-state index is 10.6. The number of benzene rings is 1. The fourth-order valence-corrected chi connectivity index (χ4v) is 8.75. The van der Waals surface area contributed by atoms with Crippen LogP contribution in [0.2, 0.25) is 18.6 Å². The third-order valence-corrected chi connectivity index (χ3v) is 11.0. The van der Waals surface area contributed by atoms with E-state index < -0.39 is 13.7 Å². The van der Waals surface area contributed by atoms with E-state index in [1.165, 1.54) is 19.3 Å². The van der Waals surface area contributed by atoms with Crippen molar-refractivity contribution in [3.63, 3.8) is 0 Å². The molecule has 1 aromatic carbocycles. The van der Waals surface area contributed by atoms with Crippen molar-refractivity contribution in [3.8, 4) is 0 Å². The number of hydrogen-bond acceptors (Lipinski definition) is 1. The Bertz CT molecular complexity index is 730. The van der Waals surface area contributed by atoms with Crippen LogP contribution >= 0.6 is 0 Å². The smallest absolute Gasteiger partial charge is 0.101 e. The lowest BCUT2D eigenvalue weighted by molar-refractivity contribution is 0.112. The predicted molar refractivity (Wildman–Crippen MR) is 115 cm³/mol. The summed E-state index contributed by atoms with van der Waals surface area (Å²) in [5, 5.41) is 12.2. The Balaban J connectivity index is 1.91. The summed E-state index contributed by atoms with van der Waals surface area (Å²) >= 11 is 0. The minimum atomic E-state index is -1.60. The van der Waals surface area contributed by atoms with E-state index in [1.54, 1.807) is 22.4 Å². The Kier molecular flexibility index (Phi) is 5.20. The van der Waals surface area contributed by atoms with Crippen LogP contribution in [0.4, 0.5) is 0 Å². The van der Waals surface area contributed by atoms with Gasteiger partial charge in [0, 0.05) is 0 Å². The fraction of sp³-hybridized carbons (Fsp3) is 0.500. The first-order valence-electron chi connectivity index (χ1n) is 10.00. The van der Waals surface area contributed by atoms with E-state index in [4.69, 9.17) is 0 Å². The second kappa shape index (κ2) is 6.98. The first-order chi connectivity index (χ1) is 12.2. The molecule has 0 spiro atoms. The molecule has 0 aliphatic heterocycles. The number of rotatable bonds is 5. The van der Waals surface area contributed by atoms with Gasteiger partial charge >= 0.3 is 0 Å². The monoisotopic (exact) mass is 366 g/mol. The Morgan fingerprint density at radius 3 is 2.54 bits per heavy atom. The molecule has 1 nitrogen and oxygen atoms in total. The zero-order chi connectivity index (χ0) is 19.0. The van der Waals surface area contributed by atoms with Gasteiger partial charge in [-0.15, -0.1) is 0 Å². The van der Waals surface area contributed by atoms with E-state index in [0.29, 0.717) is 5.54 Å². The molecule has 0 radical (unpaired) electrons. The summed E-state index contributed by atoms with van der Waals surface area (Å²) in [6.07, 6.45) is 11.6. The predicted octanol–water partition coefficient (Wildman–Crippen LogP) is 5.75. The second-order valence-corrected chi connectivity index (χ2v) is 14.1. The largest absolute Gasteiger partial charge is 0.382 e. The van der Waals surface area contributed by atoms with Crippen LogP contribution in [0, 0.1) is 5.41 Å². The molecule has 26 heavy (non-hydrogen) atoms. The maximum atomic E-state index is 10.6. The quantitative estimate of drug-likeness (QED) is 0.520. The molecule has 2 heteroatoms. The van der Waals surface area contributed by atoms with Crippen LogP contribution < -0.4 is 5.19 Å². The molecule has 140 valence electrons. The van der Waals surface area contributed by atoms with Gasteiger partial charge in [0.25, 0.3) is 0 Å². The number of hydrogen-bond donors (Lipinski definition) is 1. The van der Waals surface area contributed by atoms with Gasteiger partial charge < -0.3 is 5.11 Å². The van der Waals surface area contributed by atoms with E-state index >= 15 is 0 Å². The molecule has 3 atom stereocenters. The van der Waals surface area contributed by atoms with Crippen molar-refractivity contribution in [3.05, 3.63) is 66.3 Å². The van der Waals surface area contributed by atoms with Crippen LogP contribution in [-0.4, -0.2) is 18.8 Å². The van der Waals surface area contributed by atoms with Crippen molar-refractivity contribution in [2.75, 3.05) is 0 Å². The van der Waals surface area contributed by atoms with Crippen LogP contribution in [-0.2, 0) is 0 Å². The lowest BCUT2D eigenvalue weighted by Crippen LogP contribution is -2.47. The normalized spacial score (nSPS) is 32.1. The average molecular weight is 367 g/mol. The molecule has 0 saturated carbocycles. The van der Waals surface area contributed by atoms with Crippen LogP contribution in [0.5, 0.6) is 0 Å². The molecule has 2 aliphatic carbocycles. The van der Waals surface area contributed by atoms with Gasteiger partial charge in [0.05, 0.1) is 8.07 Å². The van der Waals surface area contributed by atoms with Crippen LogP contribution in [0.3, 0.4) is 0 Å². The van der Waals surface area contributed by atoms with Crippen molar-refractivity contribution in [1.82, 2.24) is 0 Å². The molecule has 1 aromatic rings. The molecule has 0 heterocycles. The van der Waals surface area contributed by atoms with Crippen molar-refractivity contribution in [2.24, 2.45) is 5.41 Å². The average Bonchev–Trinajstić information content (AvgIpc) is 2.93. The van der Waals surface area contributed by atoms with Gasteiger partial charge in [-0.1, -0.05) is 91.5 Å². The number of aliphatic hydroxyl groups is 1. The van der Waals surface area contributed by atoms with Crippen molar-refractivity contribution >= 4 is 13.3 Å². The van der Waals surface area contributed by atoms with Gasteiger partial charge in [-0.05, 0) is 50.0 Å². The van der Waals surface area contributed by atoms with Gasteiger partial charge in [-0.2, -0.15) is 0 Å². The summed E-state index contributed by atoms with van der Waals surface area (Å²) in [5.74, 6) is 0. The van der Waals surface area contributed by atoms with E-state index in [-0.39, 0.29) is 5.41 Å². The lowest BCUT2D eigenvalue weighted by Gasteiger charge is -2.41. The van der Waals surface area contributed by atoms with Crippen LogP contribution in [0.1, 0.15) is 46.0 Å². The van der Waals surface area contributed by atoms with Gasteiger partial charge in [0.2, 0.25) is 0 Å². The van der Waals surface area contributed by atoms with E-state index in [2.05, 4.69) is 69.9 Å². The molecular weight excluding hydrogens is 332 g/mol. The van der Waals surface area contributed by atoms with E-state index in [1.807, 2.05) is 6.08 Å². The first-order valence-corrected chi connectivity index (χ1v) is 13.1. The zero-order valence-corrected chi connectivity index (χ0v) is 17.9. The SMILES string of the molecule is C=CC1(O)C=CC(C)(CC2=C(C)CCCC2[Si](C)(C)c2ccccc2)C1. The Labute approximate surface area is 160 Å². The molecule has 0 bridgehead atoms. The highest BCUT2D eigenvalue weighted by Crippen LogP contribution is 2.50.